The van der Waals surface area contributed by atoms with Gasteiger partial charge < -0.3 is 21.1 Å². The molecule has 0 fully saturated rings. The van der Waals surface area contributed by atoms with Gasteiger partial charge in [-0.2, -0.15) is 0 Å². The van der Waals surface area contributed by atoms with E-state index in [0.717, 1.165) is 16.7 Å². The van der Waals surface area contributed by atoms with Crippen molar-refractivity contribution in [2.45, 2.75) is 51.4 Å². The molecule has 3 amide bonds. The summed E-state index contributed by atoms with van der Waals surface area (Å²) in [5.41, 5.74) is 7.80. The van der Waals surface area contributed by atoms with E-state index in [1.54, 1.807) is 39.0 Å². The molecule has 2 aromatic carbocycles. The van der Waals surface area contributed by atoms with Crippen molar-refractivity contribution in [2.24, 2.45) is 5.73 Å². The molecule has 2 atom stereocenters. The largest absolute Gasteiger partial charge is 0.444 e. The zero-order valence-electron chi connectivity index (χ0n) is 18.2. The van der Waals surface area contributed by atoms with E-state index in [1.807, 2.05) is 24.3 Å². The van der Waals surface area contributed by atoms with E-state index in [9.17, 15) is 14.4 Å². The van der Waals surface area contributed by atoms with Gasteiger partial charge in [-0.05, 0) is 55.7 Å². The number of hydrogen-bond acceptors (Lipinski definition) is 5. The topological polar surface area (TPSA) is 123 Å². The number of rotatable bonds is 5. The molecule has 0 saturated heterocycles. The molecule has 1 aliphatic rings. The lowest BCUT2D eigenvalue weighted by atomic mass is 9.95. The second kappa shape index (κ2) is 9.58. The van der Waals surface area contributed by atoms with Crippen molar-refractivity contribution in [2.75, 3.05) is 5.32 Å². The molecule has 1 aliphatic heterocycles. The standard InChI is InChI=1S/C23H27ClN4O4/c1-23(2,3)32-22(31)26-12-13-5-4-6-14(9-13)20-16-10-15(24)7-8-17(16)28-21(30)18(27-20)11-19(25)29/h4-10,18,20,27H,11-12H2,1-3H3,(H2,25,29)(H,26,31)(H,28,30). The second-order valence-electron chi connectivity index (χ2n) is 8.64. The summed E-state index contributed by atoms with van der Waals surface area (Å²) >= 11 is 6.23. The predicted octanol–water partition coefficient (Wildman–Crippen LogP) is 3.24. The summed E-state index contributed by atoms with van der Waals surface area (Å²) in [6.45, 7) is 5.65. The van der Waals surface area contributed by atoms with E-state index in [4.69, 9.17) is 22.1 Å². The molecule has 0 saturated carbocycles. The van der Waals surface area contributed by atoms with Crippen LogP contribution >= 0.6 is 11.6 Å². The van der Waals surface area contributed by atoms with Crippen LogP contribution in [0.25, 0.3) is 0 Å². The average molecular weight is 459 g/mol. The lowest BCUT2D eigenvalue weighted by molar-refractivity contribution is -0.124. The van der Waals surface area contributed by atoms with Crippen LogP contribution in [-0.4, -0.2) is 29.6 Å². The van der Waals surface area contributed by atoms with Crippen LogP contribution in [-0.2, 0) is 20.9 Å². The molecule has 0 bridgehead atoms. The fraction of sp³-hybridized carbons (Fsp3) is 0.348. The van der Waals surface area contributed by atoms with Crippen LogP contribution in [0.3, 0.4) is 0 Å². The SMILES string of the molecule is CC(C)(C)OC(=O)NCc1cccc(C2NC(CC(N)=O)C(=O)Nc3ccc(Cl)cc32)c1. The Labute approximate surface area is 191 Å². The first-order valence-corrected chi connectivity index (χ1v) is 10.6. The van der Waals surface area contributed by atoms with Gasteiger partial charge in [-0.3, -0.25) is 14.9 Å². The Morgan fingerprint density at radius 3 is 2.62 bits per heavy atom. The number of amides is 3. The van der Waals surface area contributed by atoms with Crippen LogP contribution in [0.15, 0.2) is 42.5 Å². The number of alkyl carbamates (subject to hydrolysis) is 1. The minimum atomic E-state index is -0.813. The Bertz CT molecular complexity index is 1030. The van der Waals surface area contributed by atoms with Crippen LogP contribution in [0.1, 0.15) is 49.9 Å². The zero-order chi connectivity index (χ0) is 23.5. The van der Waals surface area contributed by atoms with Crippen LogP contribution in [0, 0.1) is 0 Å². The number of primary amides is 1. The Hall–Kier alpha value is -3.10. The molecule has 0 radical (unpaired) electrons. The first-order valence-electron chi connectivity index (χ1n) is 10.2. The van der Waals surface area contributed by atoms with Gasteiger partial charge in [0.15, 0.2) is 0 Å². The molecule has 1 heterocycles. The fourth-order valence-corrected chi connectivity index (χ4v) is 3.65. The number of benzene rings is 2. The molecule has 0 aliphatic carbocycles. The highest BCUT2D eigenvalue weighted by Crippen LogP contribution is 2.34. The summed E-state index contributed by atoms with van der Waals surface area (Å²) in [5.74, 6) is -0.937. The van der Waals surface area contributed by atoms with E-state index in [1.165, 1.54) is 0 Å². The number of fused-ring (bicyclic) bond motifs is 1. The Morgan fingerprint density at radius 2 is 1.94 bits per heavy atom. The summed E-state index contributed by atoms with van der Waals surface area (Å²) < 4.78 is 5.28. The quantitative estimate of drug-likeness (QED) is 0.547. The maximum Gasteiger partial charge on any atom is 0.407 e. The van der Waals surface area contributed by atoms with Gasteiger partial charge in [0, 0.05) is 17.3 Å². The molecule has 170 valence electrons. The minimum Gasteiger partial charge on any atom is -0.444 e. The fourth-order valence-electron chi connectivity index (χ4n) is 3.47. The molecule has 3 rings (SSSR count). The molecular formula is C23H27ClN4O4. The van der Waals surface area contributed by atoms with Gasteiger partial charge in [-0.1, -0.05) is 35.9 Å². The summed E-state index contributed by atoms with van der Waals surface area (Å²) in [7, 11) is 0. The maximum absolute atomic E-state index is 12.7. The summed E-state index contributed by atoms with van der Waals surface area (Å²) in [4.78, 5) is 36.2. The van der Waals surface area contributed by atoms with E-state index in [-0.39, 0.29) is 18.9 Å². The normalized spacial score (nSPS) is 18.2. The van der Waals surface area contributed by atoms with Gasteiger partial charge in [0.05, 0.1) is 18.5 Å². The molecule has 2 aromatic rings. The van der Waals surface area contributed by atoms with Gasteiger partial charge in [-0.25, -0.2) is 4.79 Å². The van der Waals surface area contributed by atoms with Crippen molar-refractivity contribution in [1.82, 2.24) is 10.6 Å². The van der Waals surface area contributed by atoms with Crippen molar-refractivity contribution in [1.29, 1.82) is 0 Å². The molecule has 8 nitrogen and oxygen atoms in total. The third kappa shape index (κ3) is 6.21. The van der Waals surface area contributed by atoms with Gasteiger partial charge >= 0.3 is 6.09 Å². The van der Waals surface area contributed by atoms with Crippen molar-refractivity contribution in [3.05, 3.63) is 64.2 Å². The van der Waals surface area contributed by atoms with Crippen LogP contribution < -0.4 is 21.7 Å². The average Bonchev–Trinajstić information content (AvgIpc) is 2.82. The lowest BCUT2D eigenvalue weighted by Gasteiger charge is -2.23. The Kier molecular flexibility index (Phi) is 7.06. The van der Waals surface area contributed by atoms with Crippen molar-refractivity contribution >= 4 is 35.2 Å². The number of halogens is 1. The number of nitrogens with two attached hydrogens (primary N) is 1. The minimum absolute atomic E-state index is 0.149. The number of ether oxygens (including phenoxy) is 1. The van der Waals surface area contributed by atoms with E-state index in [0.29, 0.717) is 10.7 Å². The van der Waals surface area contributed by atoms with Crippen molar-refractivity contribution < 1.29 is 19.1 Å². The third-order valence-electron chi connectivity index (χ3n) is 4.79. The number of anilines is 1. The highest BCUT2D eigenvalue weighted by atomic mass is 35.5. The molecule has 5 N–H and O–H groups in total. The van der Waals surface area contributed by atoms with E-state index < -0.39 is 29.7 Å². The Morgan fingerprint density at radius 1 is 1.19 bits per heavy atom. The highest BCUT2D eigenvalue weighted by molar-refractivity contribution is 6.30. The number of carbonyl (C=O) groups is 3. The van der Waals surface area contributed by atoms with Crippen molar-refractivity contribution in [3.63, 3.8) is 0 Å². The smallest absolute Gasteiger partial charge is 0.407 e. The zero-order valence-corrected chi connectivity index (χ0v) is 19.0. The molecule has 2 unspecified atom stereocenters. The maximum atomic E-state index is 12.7. The number of hydrogen-bond donors (Lipinski definition) is 4. The molecular weight excluding hydrogens is 432 g/mol. The highest BCUT2D eigenvalue weighted by Gasteiger charge is 2.31. The summed E-state index contributed by atoms with van der Waals surface area (Å²) in [6, 6.07) is 11.5. The van der Waals surface area contributed by atoms with Gasteiger partial charge in [0.1, 0.15) is 5.60 Å². The second-order valence-corrected chi connectivity index (χ2v) is 9.08. The summed E-state index contributed by atoms with van der Waals surface area (Å²) in [6.07, 6.45) is -0.659. The van der Waals surface area contributed by atoms with Crippen molar-refractivity contribution in [3.8, 4) is 0 Å². The van der Waals surface area contributed by atoms with E-state index in [2.05, 4.69) is 16.0 Å². The van der Waals surface area contributed by atoms with E-state index >= 15 is 0 Å². The first-order chi connectivity index (χ1) is 15.0. The van der Waals surface area contributed by atoms with Gasteiger partial charge in [0.25, 0.3) is 0 Å². The van der Waals surface area contributed by atoms with Crippen LogP contribution in [0.5, 0.6) is 0 Å². The summed E-state index contributed by atoms with van der Waals surface area (Å²) in [5, 5.41) is 9.33. The molecule has 9 heteroatoms. The monoisotopic (exact) mass is 458 g/mol. The number of nitrogens with one attached hydrogen (secondary N) is 3. The predicted molar refractivity (Wildman–Crippen MR) is 122 cm³/mol. The van der Waals surface area contributed by atoms with Crippen LogP contribution in [0.2, 0.25) is 5.02 Å². The van der Waals surface area contributed by atoms with Gasteiger partial charge in [-0.15, -0.1) is 0 Å². The Balaban J connectivity index is 1.89. The molecule has 0 aromatic heterocycles. The van der Waals surface area contributed by atoms with Crippen LogP contribution in [0.4, 0.5) is 10.5 Å². The third-order valence-corrected chi connectivity index (χ3v) is 5.03. The molecule has 32 heavy (non-hydrogen) atoms. The number of carbonyl (C=O) groups excluding carboxylic acids is 3. The molecule has 0 spiro atoms. The van der Waals surface area contributed by atoms with Gasteiger partial charge in [0.2, 0.25) is 11.8 Å². The first kappa shape index (κ1) is 23.6. The lowest BCUT2D eigenvalue weighted by Crippen LogP contribution is -2.43.